The number of rotatable bonds is 6. The molecule has 0 bridgehead atoms. The number of carbonyl (C=O) groups excluding carboxylic acids is 1. The van der Waals surface area contributed by atoms with Crippen molar-refractivity contribution in [3.05, 3.63) is 24.3 Å². The Bertz CT molecular complexity index is 534. The first-order chi connectivity index (χ1) is 11.0. The molecule has 1 aliphatic heterocycles. The molecule has 136 valence electrons. The fourth-order valence-corrected chi connectivity index (χ4v) is 2.77. The fourth-order valence-electron chi connectivity index (χ4n) is 2.77. The number of ether oxygens (including phenoxy) is 1. The molecule has 0 spiro atoms. The van der Waals surface area contributed by atoms with Crippen LogP contribution in [-0.2, 0) is 4.79 Å². The number of nitrogens with one attached hydrogen (secondary N) is 2. The SMILES string of the molecule is CNC1CCCN(C(C)C(=O)Nc2ccccc2OC(F)F)C1.Cl. The van der Waals surface area contributed by atoms with Crippen molar-refractivity contribution in [1.29, 1.82) is 0 Å². The summed E-state index contributed by atoms with van der Waals surface area (Å²) in [4.78, 5) is 14.5. The minimum atomic E-state index is -2.93. The zero-order valence-corrected chi connectivity index (χ0v) is 14.6. The maximum atomic E-state index is 12.4. The number of nitrogens with zero attached hydrogens (tertiary/aromatic N) is 1. The lowest BCUT2D eigenvalue weighted by Gasteiger charge is -2.36. The van der Waals surface area contributed by atoms with Gasteiger partial charge in [-0.2, -0.15) is 8.78 Å². The van der Waals surface area contributed by atoms with Crippen LogP contribution in [0.3, 0.4) is 0 Å². The number of piperidine rings is 1. The molecule has 1 aliphatic rings. The van der Waals surface area contributed by atoms with Crippen LogP contribution in [0.25, 0.3) is 0 Å². The number of para-hydroxylation sites is 2. The summed E-state index contributed by atoms with van der Waals surface area (Å²) in [6, 6.07) is 6.23. The van der Waals surface area contributed by atoms with Gasteiger partial charge in [-0.15, -0.1) is 12.4 Å². The first kappa shape index (κ1) is 20.6. The molecule has 0 radical (unpaired) electrons. The maximum Gasteiger partial charge on any atom is 0.387 e. The molecular weight excluding hydrogens is 340 g/mol. The zero-order chi connectivity index (χ0) is 16.8. The minimum Gasteiger partial charge on any atom is -0.433 e. The Morgan fingerprint density at radius 3 is 2.75 bits per heavy atom. The summed E-state index contributed by atoms with van der Waals surface area (Å²) in [5, 5.41) is 5.92. The van der Waals surface area contributed by atoms with E-state index in [9.17, 15) is 13.6 Å². The van der Waals surface area contributed by atoms with Gasteiger partial charge in [-0.05, 0) is 45.5 Å². The normalized spacial score (nSPS) is 19.5. The number of hydrogen-bond acceptors (Lipinski definition) is 4. The van der Waals surface area contributed by atoms with Gasteiger partial charge >= 0.3 is 6.61 Å². The second-order valence-corrected chi connectivity index (χ2v) is 5.66. The molecule has 1 amide bonds. The lowest BCUT2D eigenvalue weighted by molar-refractivity contribution is -0.121. The Morgan fingerprint density at radius 2 is 2.08 bits per heavy atom. The van der Waals surface area contributed by atoms with E-state index in [4.69, 9.17) is 0 Å². The van der Waals surface area contributed by atoms with Gasteiger partial charge in [0.15, 0.2) is 0 Å². The van der Waals surface area contributed by atoms with Gasteiger partial charge in [-0.25, -0.2) is 0 Å². The molecule has 2 N–H and O–H groups in total. The van der Waals surface area contributed by atoms with E-state index in [-0.39, 0.29) is 35.8 Å². The fraction of sp³-hybridized carbons (Fsp3) is 0.562. The third-order valence-corrected chi connectivity index (χ3v) is 4.15. The molecule has 1 heterocycles. The molecule has 5 nitrogen and oxygen atoms in total. The van der Waals surface area contributed by atoms with Crippen LogP contribution >= 0.6 is 12.4 Å². The van der Waals surface area contributed by atoms with Gasteiger partial charge in [-0.3, -0.25) is 9.69 Å². The van der Waals surface area contributed by atoms with Crippen molar-refractivity contribution < 1.29 is 18.3 Å². The third kappa shape index (κ3) is 5.58. The van der Waals surface area contributed by atoms with Crippen LogP contribution in [-0.4, -0.2) is 49.6 Å². The molecule has 1 aromatic rings. The van der Waals surface area contributed by atoms with E-state index in [0.29, 0.717) is 6.04 Å². The van der Waals surface area contributed by atoms with Gasteiger partial charge < -0.3 is 15.4 Å². The molecule has 2 atom stereocenters. The highest BCUT2D eigenvalue weighted by molar-refractivity contribution is 5.95. The van der Waals surface area contributed by atoms with Crippen molar-refractivity contribution in [3.63, 3.8) is 0 Å². The number of hydrogen-bond donors (Lipinski definition) is 2. The molecule has 0 aliphatic carbocycles. The molecule has 8 heteroatoms. The average Bonchev–Trinajstić information content (AvgIpc) is 2.55. The van der Waals surface area contributed by atoms with E-state index in [1.165, 1.54) is 6.07 Å². The summed E-state index contributed by atoms with van der Waals surface area (Å²) >= 11 is 0. The lowest BCUT2D eigenvalue weighted by atomic mass is 10.0. The Hall–Kier alpha value is -1.44. The standard InChI is InChI=1S/C16H23F2N3O2.ClH/c1-11(21-9-5-6-12(10-21)19-2)15(22)20-13-7-3-4-8-14(13)23-16(17)18;/h3-4,7-8,11-12,16,19H,5-6,9-10H2,1-2H3,(H,20,22);1H. The van der Waals surface area contributed by atoms with E-state index >= 15 is 0 Å². The summed E-state index contributed by atoms with van der Waals surface area (Å²) in [6.07, 6.45) is 2.11. The van der Waals surface area contributed by atoms with Crippen molar-refractivity contribution in [2.24, 2.45) is 0 Å². The van der Waals surface area contributed by atoms with E-state index in [0.717, 1.165) is 25.9 Å². The summed E-state index contributed by atoms with van der Waals surface area (Å²) in [6.45, 7) is 0.538. The van der Waals surface area contributed by atoms with Crippen LogP contribution in [0, 0.1) is 0 Å². The van der Waals surface area contributed by atoms with Gasteiger partial charge in [-0.1, -0.05) is 12.1 Å². The Morgan fingerprint density at radius 1 is 1.38 bits per heavy atom. The third-order valence-electron chi connectivity index (χ3n) is 4.15. The number of alkyl halides is 2. The number of halogens is 3. The number of benzene rings is 1. The molecule has 0 aromatic heterocycles. The highest BCUT2D eigenvalue weighted by Crippen LogP contribution is 2.26. The number of amides is 1. The largest absolute Gasteiger partial charge is 0.433 e. The Kier molecular flexibility index (Phi) is 8.38. The molecule has 0 saturated carbocycles. The molecule has 2 rings (SSSR count). The Balaban J connectivity index is 0.00000288. The van der Waals surface area contributed by atoms with Gasteiger partial charge in [0.1, 0.15) is 5.75 Å². The van der Waals surface area contributed by atoms with Crippen molar-refractivity contribution in [3.8, 4) is 5.75 Å². The molecule has 2 unspecified atom stereocenters. The Labute approximate surface area is 147 Å². The van der Waals surface area contributed by atoms with E-state index in [2.05, 4.69) is 20.3 Å². The van der Waals surface area contributed by atoms with Gasteiger partial charge in [0, 0.05) is 12.6 Å². The van der Waals surface area contributed by atoms with Crippen LogP contribution in [0.2, 0.25) is 0 Å². The second-order valence-electron chi connectivity index (χ2n) is 5.66. The quantitative estimate of drug-likeness (QED) is 0.816. The molecule has 1 fully saturated rings. The average molecular weight is 364 g/mol. The van der Waals surface area contributed by atoms with Crippen molar-refractivity contribution in [2.45, 2.75) is 38.5 Å². The first-order valence-corrected chi connectivity index (χ1v) is 7.77. The molecular formula is C16H24ClF2N3O2. The zero-order valence-electron chi connectivity index (χ0n) is 13.8. The summed E-state index contributed by atoms with van der Waals surface area (Å²) in [7, 11) is 1.91. The van der Waals surface area contributed by atoms with Gasteiger partial charge in [0.25, 0.3) is 0 Å². The van der Waals surface area contributed by atoms with Crippen LogP contribution in [0.4, 0.5) is 14.5 Å². The van der Waals surface area contributed by atoms with Crippen molar-refractivity contribution in [2.75, 3.05) is 25.5 Å². The predicted molar refractivity (Wildman–Crippen MR) is 92.1 cm³/mol. The first-order valence-electron chi connectivity index (χ1n) is 7.77. The van der Waals surface area contributed by atoms with E-state index < -0.39 is 6.61 Å². The number of likely N-dealkylation sites (N-methyl/N-ethyl adjacent to an activating group) is 1. The number of carbonyl (C=O) groups is 1. The maximum absolute atomic E-state index is 12.4. The summed E-state index contributed by atoms with van der Waals surface area (Å²) in [5.74, 6) is -0.262. The number of likely N-dealkylation sites (tertiary alicyclic amines) is 1. The molecule has 24 heavy (non-hydrogen) atoms. The number of anilines is 1. The van der Waals surface area contributed by atoms with Crippen LogP contribution in [0.15, 0.2) is 24.3 Å². The van der Waals surface area contributed by atoms with Crippen molar-refractivity contribution >= 4 is 24.0 Å². The van der Waals surface area contributed by atoms with Crippen LogP contribution in [0.1, 0.15) is 19.8 Å². The summed E-state index contributed by atoms with van der Waals surface area (Å²) < 4.78 is 29.3. The van der Waals surface area contributed by atoms with E-state index in [1.54, 1.807) is 18.2 Å². The minimum absolute atomic E-state index is 0. The highest BCUT2D eigenvalue weighted by Gasteiger charge is 2.27. The predicted octanol–water partition coefficient (Wildman–Crippen LogP) is 2.72. The van der Waals surface area contributed by atoms with Crippen LogP contribution < -0.4 is 15.4 Å². The van der Waals surface area contributed by atoms with Gasteiger partial charge in [0.2, 0.25) is 5.91 Å². The van der Waals surface area contributed by atoms with Gasteiger partial charge in [0.05, 0.1) is 11.7 Å². The monoisotopic (exact) mass is 363 g/mol. The highest BCUT2D eigenvalue weighted by atomic mass is 35.5. The summed E-state index contributed by atoms with van der Waals surface area (Å²) in [5.41, 5.74) is 0.256. The molecule has 1 saturated heterocycles. The van der Waals surface area contributed by atoms with Crippen LogP contribution in [0.5, 0.6) is 5.75 Å². The molecule has 1 aromatic carbocycles. The lowest BCUT2D eigenvalue weighted by Crippen LogP contribution is -2.51. The van der Waals surface area contributed by atoms with Crippen molar-refractivity contribution in [1.82, 2.24) is 10.2 Å². The van der Waals surface area contributed by atoms with E-state index in [1.807, 2.05) is 14.0 Å². The second kappa shape index (κ2) is 9.76. The topological polar surface area (TPSA) is 53.6 Å². The smallest absolute Gasteiger partial charge is 0.387 e.